The Morgan fingerprint density at radius 1 is 1.50 bits per heavy atom. The molecular formula is C12H16FN. The predicted octanol–water partition coefficient (Wildman–Crippen LogP) is 2.53. The van der Waals surface area contributed by atoms with Gasteiger partial charge in [-0.2, -0.15) is 0 Å². The molecule has 0 aliphatic heterocycles. The Labute approximate surface area is 84.1 Å². The van der Waals surface area contributed by atoms with Gasteiger partial charge in [-0.25, -0.2) is 4.39 Å². The molecule has 1 aliphatic carbocycles. The number of hydrogen-bond acceptors (Lipinski definition) is 1. The fourth-order valence-corrected chi connectivity index (χ4v) is 2.08. The van der Waals surface area contributed by atoms with E-state index in [0.717, 1.165) is 12.0 Å². The summed E-state index contributed by atoms with van der Waals surface area (Å²) in [7, 11) is 0. The summed E-state index contributed by atoms with van der Waals surface area (Å²) >= 11 is 0. The van der Waals surface area contributed by atoms with Crippen LogP contribution in [0.1, 0.15) is 30.9 Å². The van der Waals surface area contributed by atoms with E-state index >= 15 is 0 Å². The predicted molar refractivity (Wildman–Crippen MR) is 55.8 cm³/mol. The fourth-order valence-electron chi connectivity index (χ4n) is 2.08. The molecule has 0 aromatic heterocycles. The molecule has 14 heavy (non-hydrogen) atoms. The van der Waals surface area contributed by atoms with Crippen molar-refractivity contribution in [2.45, 2.75) is 37.9 Å². The highest BCUT2D eigenvalue weighted by molar-refractivity contribution is 5.31. The smallest absolute Gasteiger partial charge is 0.139 e. The molecule has 1 aromatic rings. The van der Waals surface area contributed by atoms with Gasteiger partial charge in [0.05, 0.1) is 0 Å². The van der Waals surface area contributed by atoms with Gasteiger partial charge in [0.2, 0.25) is 0 Å². The zero-order valence-electron chi connectivity index (χ0n) is 8.46. The molecule has 1 nitrogen and oxygen atoms in total. The highest BCUT2D eigenvalue weighted by Gasteiger charge is 2.44. The van der Waals surface area contributed by atoms with E-state index in [2.05, 4.69) is 6.92 Å². The molecule has 0 radical (unpaired) electrons. The molecule has 2 N–H and O–H groups in total. The third-order valence-corrected chi connectivity index (χ3v) is 3.02. The Kier molecular flexibility index (Phi) is 2.31. The van der Waals surface area contributed by atoms with Crippen molar-refractivity contribution in [2.75, 3.05) is 0 Å². The average Bonchev–Trinajstić information content (AvgIpc) is 2.16. The molecule has 2 heteroatoms. The summed E-state index contributed by atoms with van der Waals surface area (Å²) in [6.45, 7) is 2.08. The molecule has 1 saturated carbocycles. The molecule has 76 valence electrons. The SMILES string of the molecule is CCc1cccc(C2(F)CC(N)C2)c1. The van der Waals surface area contributed by atoms with E-state index in [1.165, 1.54) is 5.56 Å². The Bertz CT molecular complexity index is 329. The quantitative estimate of drug-likeness (QED) is 0.767. The first-order chi connectivity index (χ1) is 6.64. The molecule has 0 bridgehead atoms. The van der Waals surface area contributed by atoms with Gasteiger partial charge >= 0.3 is 0 Å². The van der Waals surface area contributed by atoms with E-state index < -0.39 is 5.67 Å². The molecule has 0 spiro atoms. The second kappa shape index (κ2) is 3.35. The maximum absolute atomic E-state index is 14.1. The van der Waals surface area contributed by atoms with Gasteiger partial charge in [0.1, 0.15) is 5.67 Å². The van der Waals surface area contributed by atoms with E-state index in [9.17, 15) is 4.39 Å². The average molecular weight is 193 g/mol. The number of rotatable bonds is 2. The molecule has 0 atom stereocenters. The van der Waals surface area contributed by atoms with Crippen molar-refractivity contribution in [3.63, 3.8) is 0 Å². The molecule has 0 amide bonds. The van der Waals surface area contributed by atoms with Crippen LogP contribution in [0.4, 0.5) is 4.39 Å². The Morgan fingerprint density at radius 2 is 2.21 bits per heavy atom. The summed E-state index contributed by atoms with van der Waals surface area (Å²) in [5.74, 6) is 0. The van der Waals surface area contributed by atoms with Gasteiger partial charge in [0.15, 0.2) is 0 Å². The molecular weight excluding hydrogens is 177 g/mol. The zero-order chi connectivity index (χ0) is 10.2. The summed E-state index contributed by atoms with van der Waals surface area (Å²) in [5.41, 5.74) is 6.47. The van der Waals surface area contributed by atoms with Crippen LogP contribution in [-0.2, 0) is 12.1 Å². The lowest BCUT2D eigenvalue weighted by Crippen LogP contribution is -2.46. The van der Waals surface area contributed by atoms with Gasteiger partial charge in [-0.3, -0.25) is 0 Å². The number of nitrogens with two attached hydrogens (primary N) is 1. The Morgan fingerprint density at radius 3 is 2.79 bits per heavy atom. The minimum atomic E-state index is -1.15. The topological polar surface area (TPSA) is 26.0 Å². The van der Waals surface area contributed by atoms with Crippen molar-refractivity contribution in [3.05, 3.63) is 35.4 Å². The van der Waals surface area contributed by atoms with Gasteiger partial charge in [0, 0.05) is 18.9 Å². The van der Waals surface area contributed by atoms with Crippen LogP contribution in [0, 0.1) is 0 Å². The van der Waals surface area contributed by atoms with Gasteiger partial charge < -0.3 is 5.73 Å². The van der Waals surface area contributed by atoms with Crippen LogP contribution >= 0.6 is 0 Å². The lowest BCUT2D eigenvalue weighted by atomic mass is 9.73. The number of alkyl halides is 1. The summed E-state index contributed by atoms with van der Waals surface area (Å²) in [4.78, 5) is 0. The molecule has 1 fully saturated rings. The van der Waals surface area contributed by atoms with Crippen molar-refractivity contribution in [1.82, 2.24) is 0 Å². The van der Waals surface area contributed by atoms with Crippen molar-refractivity contribution in [2.24, 2.45) is 5.73 Å². The van der Waals surface area contributed by atoms with Gasteiger partial charge in [-0.15, -0.1) is 0 Å². The normalized spacial score (nSPS) is 31.2. The molecule has 1 aliphatic rings. The summed E-state index contributed by atoms with van der Waals surface area (Å²) in [6, 6.07) is 7.84. The lowest BCUT2D eigenvalue weighted by Gasteiger charge is -2.39. The summed E-state index contributed by atoms with van der Waals surface area (Å²) in [6.07, 6.45) is 1.90. The molecule has 0 unspecified atom stereocenters. The van der Waals surface area contributed by atoms with Gasteiger partial charge in [-0.05, 0) is 17.5 Å². The minimum Gasteiger partial charge on any atom is -0.327 e. The number of hydrogen-bond donors (Lipinski definition) is 1. The van der Waals surface area contributed by atoms with E-state index in [-0.39, 0.29) is 6.04 Å². The maximum Gasteiger partial charge on any atom is 0.139 e. The van der Waals surface area contributed by atoms with E-state index in [1.54, 1.807) is 0 Å². The van der Waals surface area contributed by atoms with Crippen LogP contribution in [0.5, 0.6) is 0 Å². The minimum absolute atomic E-state index is 0.0466. The van der Waals surface area contributed by atoms with Gasteiger partial charge in [-0.1, -0.05) is 31.2 Å². The summed E-state index contributed by atoms with van der Waals surface area (Å²) in [5, 5.41) is 0. The number of halogens is 1. The first-order valence-corrected chi connectivity index (χ1v) is 5.18. The molecule has 0 saturated heterocycles. The van der Waals surface area contributed by atoms with Crippen molar-refractivity contribution in [1.29, 1.82) is 0 Å². The van der Waals surface area contributed by atoms with Crippen LogP contribution in [-0.4, -0.2) is 6.04 Å². The lowest BCUT2D eigenvalue weighted by molar-refractivity contribution is 0.0405. The third kappa shape index (κ3) is 1.55. The standard InChI is InChI=1S/C12H16FN/c1-2-9-4-3-5-10(6-9)12(13)7-11(14)8-12/h3-6,11H,2,7-8,14H2,1H3. The fraction of sp³-hybridized carbons (Fsp3) is 0.500. The van der Waals surface area contributed by atoms with E-state index in [1.807, 2.05) is 24.3 Å². The number of benzene rings is 1. The second-order valence-corrected chi connectivity index (χ2v) is 4.19. The maximum atomic E-state index is 14.1. The van der Waals surface area contributed by atoms with Crippen molar-refractivity contribution >= 4 is 0 Å². The monoisotopic (exact) mass is 193 g/mol. The van der Waals surface area contributed by atoms with Crippen LogP contribution in [0.25, 0.3) is 0 Å². The van der Waals surface area contributed by atoms with Crippen LogP contribution in [0.3, 0.4) is 0 Å². The first kappa shape index (κ1) is 9.66. The highest BCUT2D eigenvalue weighted by Crippen LogP contribution is 2.44. The molecule has 2 rings (SSSR count). The first-order valence-electron chi connectivity index (χ1n) is 5.18. The van der Waals surface area contributed by atoms with Gasteiger partial charge in [0.25, 0.3) is 0 Å². The Hall–Kier alpha value is -0.890. The molecule has 0 heterocycles. The van der Waals surface area contributed by atoms with Crippen LogP contribution in [0.2, 0.25) is 0 Å². The molecule has 1 aromatic carbocycles. The summed E-state index contributed by atoms with van der Waals surface area (Å²) < 4.78 is 14.1. The van der Waals surface area contributed by atoms with Crippen molar-refractivity contribution in [3.8, 4) is 0 Å². The Balaban J connectivity index is 2.24. The third-order valence-electron chi connectivity index (χ3n) is 3.02. The van der Waals surface area contributed by atoms with Crippen LogP contribution in [0.15, 0.2) is 24.3 Å². The zero-order valence-corrected chi connectivity index (χ0v) is 8.46. The van der Waals surface area contributed by atoms with Crippen molar-refractivity contribution < 1.29 is 4.39 Å². The second-order valence-electron chi connectivity index (χ2n) is 4.19. The van der Waals surface area contributed by atoms with E-state index in [0.29, 0.717) is 12.8 Å². The number of aryl methyl sites for hydroxylation is 1. The largest absolute Gasteiger partial charge is 0.327 e. The van der Waals surface area contributed by atoms with E-state index in [4.69, 9.17) is 5.73 Å². The highest BCUT2D eigenvalue weighted by atomic mass is 19.1. The van der Waals surface area contributed by atoms with Crippen LogP contribution < -0.4 is 5.73 Å².